The second kappa shape index (κ2) is 5.58. The van der Waals surface area contributed by atoms with Gasteiger partial charge in [-0.1, -0.05) is 6.92 Å². The maximum Gasteiger partial charge on any atom is 0.0434 e. The van der Waals surface area contributed by atoms with Crippen LogP contribution in [0, 0.1) is 11.8 Å². The van der Waals surface area contributed by atoms with E-state index in [1.807, 2.05) is 0 Å². The number of hydrogen-bond donors (Lipinski definition) is 2. The third-order valence-electron chi connectivity index (χ3n) is 2.88. The van der Waals surface area contributed by atoms with Crippen LogP contribution in [0.25, 0.3) is 0 Å². The minimum absolute atomic E-state index is 0.338. The smallest absolute Gasteiger partial charge is 0.0434 e. The summed E-state index contributed by atoms with van der Waals surface area (Å²) in [6.07, 6.45) is 2.21. The molecule has 78 valence electrons. The maximum absolute atomic E-state index is 8.80. The van der Waals surface area contributed by atoms with Crippen molar-refractivity contribution in [2.75, 3.05) is 32.8 Å². The first-order chi connectivity index (χ1) is 6.26. The molecule has 2 unspecified atom stereocenters. The van der Waals surface area contributed by atoms with Gasteiger partial charge in [-0.05, 0) is 37.8 Å². The predicted octanol–water partition coefficient (Wildman–Crippen LogP) is 0.285. The fourth-order valence-electron chi connectivity index (χ4n) is 2.01. The van der Waals surface area contributed by atoms with Crippen molar-refractivity contribution >= 4 is 0 Å². The highest BCUT2D eigenvalue weighted by atomic mass is 16.3. The lowest BCUT2D eigenvalue weighted by atomic mass is 10.1. The van der Waals surface area contributed by atoms with Crippen LogP contribution >= 0.6 is 0 Å². The van der Waals surface area contributed by atoms with Crippen LogP contribution in [0.4, 0.5) is 0 Å². The van der Waals surface area contributed by atoms with Crippen molar-refractivity contribution in [3.8, 4) is 0 Å². The van der Waals surface area contributed by atoms with Crippen LogP contribution in [0.15, 0.2) is 0 Å². The number of hydrogen-bond acceptors (Lipinski definition) is 3. The van der Waals surface area contributed by atoms with Gasteiger partial charge in [0.05, 0.1) is 0 Å². The van der Waals surface area contributed by atoms with Crippen molar-refractivity contribution in [3.05, 3.63) is 0 Å². The monoisotopic (exact) mass is 186 g/mol. The van der Waals surface area contributed by atoms with Crippen LogP contribution in [0.5, 0.6) is 0 Å². The Morgan fingerprint density at radius 3 is 3.00 bits per heavy atom. The fraction of sp³-hybridized carbons (Fsp3) is 1.00. The van der Waals surface area contributed by atoms with Crippen molar-refractivity contribution in [2.24, 2.45) is 17.6 Å². The fourth-order valence-corrected chi connectivity index (χ4v) is 2.01. The molecule has 1 aliphatic heterocycles. The second-order valence-corrected chi connectivity index (χ2v) is 4.27. The maximum atomic E-state index is 8.80. The highest BCUT2D eigenvalue weighted by molar-refractivity contribution is 4.76. The van der Waals surface area contributed by atoms with E-state index in [0.717, 1.165) is 32.0 Å². The number of nitrogens with zero attached hydrogens (tertiary/aromatic N) is 1. The van der Waals surface area contributed by atoms with E-state index >= 15 is 0 Å². The molecular formula is C10H22N2O. The van der Waals surface area contributed by atoms with Crippen LogP contribution in [0.1, 0.15) is 19.8 Å². The van der Waals surface area contributed by atoms with Gasteiger partial charge in [0.1, 0.15) is 0 Å². The molecule has 1 heterocycles. The molecule has 0 bridgehead atoms. The Hall–Kier alpha value is -0.120. The van der Waals surface area contributed by atoms with E-state index in [1.165, 1.54) is 13.0 Å². The average molecular weight is 186 g/mol. The van der Waals surface area contributed by atoms with Gasteiger partial charge in [0.25, 0.3) is 0 Å². The van der Waals surface area contributed by atoms with Crippen molar-refractivity contribution in [1.82, 2.24) is 4.90 Å². The van der Waals surface area contributed by atoms with Crippen LogP contribution in [-0.4, -0.2) is 42.8 Å². The van der Waals surface area contributed by atoms with Crippen LogP contribution in [-0.2, 0) is 0 Å². The van der Waals surface area contributed by atoms with E-state index in [9.17, 15) is 0 Å². The molecule has 0 amide bonds. The first kappa shape index (κ1) is 11.0. The zero-order valence-electron chi connectivity index (χ0n) is 8.58. The first-order valence-corrected chi connectivity index (χ1v) is 5.29. The van der Waals surface area contributed by atoms with Gasteiger partial charge in [-0.15, -0.1) is 0 Å². The van der Waals surface area contributed by atoms with Crippen LogP contribution < -0.4 is 5.73 Å². The molecule has 3 heteroatoms. The summed E-state index contributed by atoms with van der Waals surface area (Å²) in [4.78, 5) is 2.47. The summed E-state index contributed by atoms with van der Waals surface area (Å²) in [6.45, 7) is 6.78. The molecule has 2 atom stereocenters. The lowest BCUT2D eigenvalue weighted by Gasteiger charge is -2.19. The summed E-state index contributed by atoms with van der Waals surface area (Å²) in [5, 5.41) is 8.80. The van der Waals surface area contributed by atoms with E-state index in [-0.39, 0.29) is 0 Å². The first-order valence-electron chi connectivity index (χ1n) is 5.29. The van der Waals surface area contributed by atoms with Crippen LogP contribution in [0.3, 0.4) is 0 Å². The van der Waals surface area contributed by atoms with Gasteiger partial charge in [-0.2, -0.15) is 0 Å². The molecule has 0 radical (unpaired) electrons. The number of likely N-dealkylation sites (tertiary alicyclic amines) is 1. The topological polar surface area (TPSA) is 49.5 Å². The quantitative estimate of drug-likeness (QED) is 0.648. The molecular weight excluding hydrogens is 164 g/mol. The minimum Gasteiger partial charge on any atom is -0.396 e. The molecule has 0 aromatic rings. The van der Waals surface area contributed by atoms with E-state index in [2.05, 4.69) is 11.8 Å². The lowest BCUT2D eigenvalue weighted by molar-refractivity contribution is 0.243. The zero-order valence-corrected chi connectivity index (χ0v) is 8.58. The lowest BCUT2D eigenvalue weighted by Crippen LogP contribution is -2.29. The second-order valence-electron chi connectivity index (χ2n) is 4.27. The standard InChI is InChI=1S/C10H22N2O/c1-9(6-11)7-12-4-2-10(8-12)3-5-13/h9-10,13H,2-8,11H2,1H3. The third kappa shape index (κ3) is 3.63. The number of nitrogens with two attached hydrogens (primary N) is 1. The van der Waals surface area contributed by atoms with E-state index in [4.69, 9.17) is 10.8 Å². The molecule has 0 aromatic heterocycles. The zero-order chi connectivity index (χ0) is 9.68. The van der Waals surface area contributed by atoms with Gasteiger partial charge >= 0.3 is 0 Å². The molecule has 1 aliphatic rings. The normalized spacial score (nSPS) is 26.5. The molecule has 1 fully saturated rings. The van der Waals surface area contributed by atoms with Crippen LogP contribution in [0.2, 0.25) is 0 Å². The number of aliphatic hydroxyl groups excluding tert-OH is 1. The Labute approximate surface area is 80.9 Å². The SMILES string of the molecule is CC(CN)CN1CCC(CCO)C1. The van der Waals surface area contributed by atoms with Gasteiger partial charge < -0.3 is 15.7 Å². The summed E-state index contributed by atoms with van der Waals surface area (Å²) in [6, 6.07) is 0. The van der Waals surface area contributed by atoms with E-state index < -0.39 is 0 Å². The van der Waals surface area contributed by atoms with Gasteiger partial charge in [0.2, 0.25) is 0 Å². The summed E-state index contributed by atoms with van der Waals surface area (Å²) in [5.41, 5.74) is 5.58. The Bertz CT molecular complexity index is 141. The Kier molecular flexibility index (Phi) is 4.70. The number of aliphatic hydroxyl groups is 1. The van der Waals surface area contributed by atoms with Crippen molar-refractivity contribution in [2.45, 2.75) is 19.8 Å². The molecule has 1 rings (SSSR count). The molecule has 3 nitrogen and oxygen atoms in total. The Balaban J connectivity index is 2.17. The molecule has 1 saturated heterocycles. The van der Waals surface area contributed by atoms with Crippen molar-refractivity contribution in [1.29, 1.82) is 0 Å². The highest BCUT2D eigenvalue weighted by Gasteiger charge is 2.22. The molecule has 13 heavy (non-hydrogen) atoms. The van der Waals surface area contributed by atoms with Gasteiger partial charge in [-0.25, -0.2) is 0 Å². The summed E-state index contributed by atoms with van der Waals surface area (Å²) in [5.74, 6) is 1.32. The molecule has 0 aromatic carbocycles. The molecule has 3 N–H and O–H groups in total. The molecule has 0 spiro atoms. The Morgan fingerprint density at radius 1 is 1.62 bits per heavy atom. The largest absolute Gasteiger partial charge is 0.396 e. The molecule has 0 saturated carbocycles. The van der Waals surface area contributed by atoms with Gasteiger partial charge in [0.15, 0.2) is 0 Å². The summed E-state index contributed by atoms with van der Waals surface area (Å²) in [7, 11) is 0. The third-order valence-corrected chi connectivity index (χ3v) is 2.88. The predicted molar refractivity (Wildman–Crippen MR) is 54.5 cm³/mol. The van der Waals surface area contributed by atoms with Crippen molar-refractivity contribution in [3.63, 3.8) is 0 Å². The average Bonchev–Trinajstić information content (AvgIpc) is 2.53. The molecule has 0 aliphatic carbocycles. The Morgan fingerprint density at radius 2 is 2.38 bits per heavy atom. The summed E-state index contributed by atoms with van der Waals surface area (Å²) < 4.78 is 0. The van der Waals surface area contributed by atoms with Gasteiger partial charge in [0, 0.05) is 19.7 Å². The van der Waals surface area contributed by atoms with E-state index in [1.54, 1.807) is 0 Å². The minimum atomic E-state index is 0.338. The number of rotatable bonds is 5. The van der Waals surface area contributed by atoms with Crippen molar-refractivity contribution < 1.29 is 5.11 Å². The van der Waals surface area contributed by atoms with E-state index in [0.29, 0.717) is 12.5 Å². The summed E-state index contributed by atoms with van der Waals surface area (Å²) >= 11 is 0. The van der Waals surface area contributed by atoms with Gasteiger partial charge in [-0.3, -0.25) is 0 Å². The highest BCUT2D eigenvalue weighted by Crippen LogP contribution is 2.19.